The molecule has 3 N–H and O–H groups in total. The van der Waals surface area contributed by atoms with Gasteiger partial charge in [-0.25, -0.2) is 0 Å². The Bertz CT molecular complexity index is 415. The van der Waals surface area contributed by atoms with Gasteiger partial charge < -0.3 is 15.8 Å². The number of nitrogens with two attached hydrogens (primary N) is 1. The van der Waals surface area contributed by atoms with E-state index in [1.165, 1.54) is 0 Å². The summed E-state index contributed by atoms with van der Waals surface area (Å²) in [5.74, 6) is 0.943. The van der Waals surface area contributed by atoms with Gasteiger partial charge in [-0.3, -0.25) is 4.79 Å². The first-order chi connectivity index (χ1) is 8.87. The summed E-state index contributed by atoms with van der Waals surface area (Å²) in [6.07, 6.45) is 0.568. The maximum atomic E-state index is 11.7. The SMILES string of the molecule is COc1ccc(CC(C)(NCC(C)C)C(N)=O)cc1. The van der Waals surface area contributed by atoms with Gasteiger partial charge >= 0.3 is 0 Å². The van der Waals surface area contributed by atoms with Crippen LogP contribution in [0.3, 0.4) is 0 Å². The van der Waals surface area contributed by atoms with Crippen molar-refractivity contribution < 1.29 is 9.53 Å². The molecule has 0 fully saturated rings. The van der Waals surface area contributed by atoms with Crippen molar-refractivity contribution >= 4 is 5.91 Å². The number of rotatable bonds is 7. The minimum Gasteiger partial charge on any atom is -0.497 e. The number of carbonyl (C=O) groups is 1. The van der Waals surface area contributed by atoms with E-state index in [1.54, 1.807) is 7.11 Å². The summed E-state index contributed by atoms with van der Waals surface area (Å²) in [7, 11) is 1.63. The summed E-state index contributed by atoms with van der Waals surface area (Å²) in [5.41, 5.74) is 5.87. The number of hydrogen-bond donors (Lipinski definition) is 2. The summed E-state index contributed by atoms with van der Waals surface area (Å²) in [6, 6.07) is 7.69. The lowest BCUT2D eigenvalue weighted by Gasteiger charge is -2.28. The molecule has 106 valence electrons. The summed E-state index contributed by atoms with van der Waals surface area (Å²) < 4.78 is 5.12. The highest BCUT2D eigenvalue weighted by atomic mass is 16.5. The second-order valence-electron chi connectivity index (χ2n) is 5.50. The minimum atomic E-state index is -0.723. The highest BCUT2D eigenvalue weighted by Gasteiger charge is 2.30. The Morgan fingerprint density at radius 3 is 2.37 bits per heavy atom. The van der Waals surface area contributed by atoms with Gasteiger partial charge in [0.1, 0.15) is 5.75 Å². The molecule has 0 saturated carbocycles. The number of hydrogen-bond acceptors (Lipinski definition) is 3. The van der Waals surface area contributed by atoms with Crippen LogP contribution in [0.1, 0.15) is 26.3 Å². The van der Waals surface area contributed by atoms with Crippen LogP contribution >= 0.6 is 0 Å². The second kappa shape index (κ2) is 6.57. The van der Waals surface area contributed by atoms with Crippen LogP contribution in [0.15, 0.2) is 24.3 Å². The van der Waals surface area contributed by atoms with Crippen LogP contribution in [0.2, 0.25) is 0 Å². The summed E-state index contributed by atoms with van der Waals surface area (Å²) >= 11 is 0. The lowest BCUT2D eigenvalue weighted by molar-refractivity contribution is -0.123. The molecule has 0 bridgehead atoms. The van der Waals surface area contributed by atoms with Gasteiger partial charge in [0.05, 0.1) is 12.6 Å². The van der Waals surface area contributed by atoms with Gasteiger partial charge in [0.25, 0.3) is 0 Å². The first-order valence-electron chi connectivity index (χ1n) is 6.55. The third-order valence-corrected chi connectivity index (χ3v) is 3.16. The Morgan fingerprint density at radius 2 is 1.95 bits per heavy atom. The van der Waals surface area contributed by atoms with Crippen molar-refractivity contribution in [2.45, 2.75) is 32.7 Å². The standard InChI is InChI=1S/C15H24N2O2/c1-11(2)10-17-15(3,14(16)18)9-12-5-7-13(19-4)8-6-12/h5-8,11,17H,9-10H2,1-4H3,(H2,16,18). The zero-order chi connectivity index (χ0) is 14.5. The number of amides is 1. The van der Waals surface area contributed by atoms with Crippen LogP contribution in [0.5, 0.6) is 5.75 Å². The lowest BCUT2D eigenvalue weighted by Crippen LogP contribution is -2.55. The van der Waals surface area contributed by atoms with Gasteiger partial charge in [0.15, 0.2) is 0 Å². The fourth-order valence-corrected chi connectivity index (χ4v) is 1.82. The van der Waals surface area contributed by atoms with E-state index in [1.807, 2.05) is 31.2 Å². The average molecular weight is 264 g/mol. The second-order valence-corrected chi connectivity index (χ2v) is 5.50. The monoisotopic (exact) mass is 264 g/mol. The quantitative estimate of drug-likeness (QED) is 0.788. The van der Waals surface area contributed by atoms with Crippen LogP contribution in [0.25, 0.3) is 0 Å². The molecule has 1 unspecified atom stereocenters. The van der Waals surface area contributed by atoms with Crippen molar-refractivity contribution in [2.24, 2.45) is 11.7 Å². The predicted molar refractivity (Wildman–Crippen MR) is 77.1 cm³/mol. The highest BCUT2D eigenvalue weighted by Crippen LogP contribution is 2.17. The predicted octanol–water partition coefficient (Wildman–Crippen LogP) is 1.73. The smallest absolute Gasteiger partial charge is 0.237 e. The maximum Gasteiger partial charge on any atom is 0.237 e. The number of ether oxygens (including phenoxy) is 1. The molecule has 0 aliphatic rings. The largest absolute Gasteiger partial charge is 0.497 e. The first-order valence-corrected chi connectivity index (χ1v) is 6.55. The van der Waals surface area contributed by atoms with Crippen molar-refractivity contribution in [2.75, 3.05) is 13.7 Å². The van der Waals surface area contributed by atoms with Gasteiger partial charge in [0, 0.05) is 0 Å². The molecule has 1 amide bonds. The maximum absolute atomic E-state index is 11.7. The Morgan fingerprint density at radius 1 is 1.37 bits per heavy atom. The van der Waals surface area contributed by atoms with E-state index in [9.17, 15) is 4.79 Å². The normalized spacial score (nSPS) is 14.2. The van der Waals surface area contributed by atoms with Crippen LogP contribution in [0.4, 0.5) is 0 Å². The van der Waals surface area contributed by atoms with Crippen molar-refractivity contribution in [1.82, 2.24) is 5.32 Å². The topological polar surface area (TPSA) is 64.3 Å². The molecule has 4 heteroatoms. The number of carbonyl (C=O) groups excluding carboxylic acids is 1. The van der Waals surface area contributed by atoms with Gasteiger partial charge in [0.2, 0.25) is 5.91 Å². The van der Waals surface area contributed by atoms with Crippen LogP contribution < -0.4 is 15.8 Å². The van der Waals surface area contributed by atoms with E-state index in [-0.39, 0.29) is 5.91 Å². The lowest BCUT2D eigenvalue weighted by atomic mass is 9.91. The Kier molecular flexibility index (Phi) is 5.36. The molecule has 0 heterocycles. The number of nitrogens with one attached hydrogen (secondary N) is 1. The van der Waals surface area contributed by atoms with Crippen molar-refractivity contribution in [3.63, 3.8) is 0 Å². The Balaban J connectivity index is 2.79. The van der Waals surface area contributed by atoms with E-state index in [0.717, 1.165) is 17.9 Å². The summed E-state index contributed by atoms with van der Waals surface area (Å²) in [6.45, 7) is 6.81. The van der Waals surface area contributed by atoms with Gasteiger partial charge in [-0.2, -0.15) is 0 Å². The molecule has 0 aliphatic carbocycles. The molecule has 1 aromatic carbocycles. The molecule has 1 atom stereocenters. The molecule has 0 saturated heterocycles. The van der Waals surface area contributed by atoms with Gasteiger partial charge in [-0.1, -0.05) is 26.0 Å². The molecule has 0 aromatic heterocycles. The molecular weight excluding hydrogens is 240 g/mol. The fraction of sp³-hybridized carbons (Fsp3) is 0.533. The molecular formula is C15H24N2O2. The molecule has 0 radical (unpaired) electrons. The van der Waals surface area contributed by atoms with Crippen molar-refractivity contribution in [1.29, 1.82) is 0 Å². The van der Waals surface area contributed by atoms with Crippen LogP contribution in [-0.4, -0.2) is 25.1 Å². The van der Waals surface area contributed by atoms with Crippen molar-refractivity contribution in [3.05, 3.63) is 29.8 Å². The van der Waals surface area contributed by atoms with E-state index < -0.39 is 5.54 Å². The summed E-state index contributed by atoms with van der Waals surface area (Å²) in [4.78, 5) is 11.7. The third-order valence-electron chi connectivity index (χ3n) is 3.16. The van der Waals surface area contributed by atoms with Gasteiger partial charge in [-0.15, -0.1) is 0 Å². The van der Waals surface area contributed by atoms with E-state index in [2.05, 4.69) is 19.2 Å². The number of primary amides is 1. The van der Waals surface area contributed by atoms with Crippen LogP contribution in [-0.2, 0) is 11.2 Å². The molecule has 4 nitrogen and oxygen atoms in total. The van der Waals surface area contributed by atoms with Gasteiger partial charge in [-0.05, 0) is 43.5 Å². The Labute approximate surface area is 115 Å². The number of methoxy groups -OCH3 is 1. The molecule has 1 aromatic rings. The van der Waals surface area contributed by atoms with E-state index in [4.69, 9.17) is 10.5 Å². The first kappa shape index (κ1) is 15.5. The molecule has 19 heavy (non-hydrogen) atoms. The number of benzene rings is 1. The van der Waals surface area contributed by atoms with E-state index >= 15 is 0 Å². The molecule has 0 aliphatic heterocycles. The Hall–Kier alpha value is -1.55. The third kappa shape index (κ3) is 4.56. The summed E-state index contributed by atoms with van der Waals surface area (Å²) in [5, 5.41) is 3.27. The minimum absolute atomic E-state index is 0.330. The van der Waals surface area contributed by atoms with E-state index in [0.29, 0.717) is 12.3 Å². The zero-order valence-electron chi connectivity index (χ0n) is 12.2. The highest BCUT2D eigenvalue weighted by molar-refractivity contribution is 5.84. The fourth-order valence-electron chi connectivity index (χ4n) is 1.82. The van der Waals surface area contributed by atoms with Crippen LogP contribution in [0, 0.1) is 5.92 Å². The molecule has 0 spiro atoms. The molecule has 1 rings (SSSR count). The van der Waals surface area contributed by atoms with Crippen molar-refractivity contribution in [3.8, 4) is 5.75 Å². The average Bonchev–Trinajstić information content (AvgIpc) is 2.37. The zero-order valence-corrected chi connectivity index (χ0v) is 12.2.